The van der Waals surface area contributed by atoms with Crippen LogP contribution in [0, 0.1) is 11.8 Å². The van der Waals surface area contributed by atoms with E-state index >= 15 is 0 Å². The molecule has 0 saturated heterocycles. The van der Waals surface area contributed by atoms with Gasteiger partial charge in [0.2, 0.25) is 11.8 Å². The largest absolute Gasteiger partial charge is 0.342 e. The van der Waals surface area contributed by atoms with Gasteiger partial charge in [-0.2, -0.15) is 0 Å². The highest BCUT2D eigenvalue weighted by Gasteiger charge is 2.33. The lowest BCUT2D eigenvalue weighted by Gasteiger charge is -2.34. The van der Waals surface area contributed by atoms with Crippen molar-refractivity contribution in [3.8, 4) is 0 Å². The average Bonchev–Trinajstić information content (AvgIpc) is 2.39. The van der Waals surface area contributed by atoms with E-state index in [1.165, 1.54) is 0 Å². The zero-order valence-corrected chi connectivity index (χ0v) is 13.3. The van der Waals surface area contributed by atoms with Gasteiger partial charge in [-0.05, 0) is 39.0 Å². The number of nitrogens with two attached hydrogens (primary N) is 1. The van der Waals surface area contributed by atoms with Crippen LogP contribution < -0.4 is 5.73 Å². The molecule has 0 radical (unpaired) electrons. The molecule has 0 aromatic heterocycles. The van der Waals surface area contributed by atoms with Gasteiger partial charge in [0.05, 0.1) is 6.54 Å². The molecule has 2 N–H and O–H groups in total. The van der Waals surface area contributed by atoms with Crippen LogP contribution in [0.3, 0.4) is 0 Å². The van der Waals surface area contributed by atoms with Gasteiger partial charge in [-0.1, -0.05) is 6.92 Å². The van der Waals surface area contributed by atoms with Gasteiger partial charge in [0.15, 0.2) is 0 Å². The van der Waals surface area contributed by atoms with Crippen LogP contribution in [0.2, 0.25) is 0 Å². The second-order valence-electron chi connectivity index (χ2n) is 5.92. The second-order valence-corrected chi connectivity index (χ2v) is 5.92. The molecule has 0 aromatic carbocycles. The predicted molar refractivity (Wildman–Crippen MR) is 80.0 cm³/mol. The van der Waals surface area contributed by atoms with E-state index < -0.39 is 0 Å². The van der Waals surface area contributed by atoms with E-state index in [0.717, 1.165) is 19.3 Å². The summed E-state index contributed by atoms with van der Waals surface area (Å²) in [5, 5.41) is 0. The first-order valence-electron chi connectivity index (χ1n) is 7.68. The fourth-order valence-corrected chi connectivity index (χ4v) is 3.04. The minimum atomic E-state index is 0.0179. The van der Waals surface area contributed by atoms with E-state index in [2.05, 4.69) is 6.92 Å². The van der Waals surface area contributed by atoms with E-state index in [1.807, 2.05) is 13.8 Å². The summed E-state index contributed by atoms with van der Waals surface area (Å²) in [6.07, 6.45) is 2.64. The topological polar surface area (TPSA) is 66.6 Å². The Hall–Kier alpha value is -1.10. The fraction of sp³-hybridized carbons (Fsp3) is 0.867. The van der Waals surface area contributed by atoms with Gasteiger partial charge >= 0.3 is 0 Å². The van der Waals surface area contributed by atoms with Crippen molar-refractivity contribution in [1.29, 1.82) is 0 Å². The quantitative estimate of drug-likeness (QED) is 0.821. The van der Waals surface area contributed by atoms with Gasteiger partial charge in [-0.3, -0.25) is 9.59 Å². The number of rotatable bonds is 5. The van der Waals surface area contributed by atoms with E-state index in [0.29, 0.717) is 19.0 Å². The van der Waals surface area contributed by atoms with Crippen molar-refractivity contribution < 1.29 is 9.59 Å². The smallest absolute Gasteiger partial charge is 0.242 e. The molecule has 5 nitrogen and oxygen atoms in total. The first-order chi connectivity index (χ1) is 9.40. The van der Waals surface area contributed by atoms with Gasteiger partial charge in [-0.25, -0.2) is 0 Å². The molecule has 3 unspecified atom stereocenters. The van der Waals surface area contributed by atoms with E-state index in [4.69, 9.17) is 5.73 Å². The van der Waals surface area contributed by atoms with Crippen molar-refractivity contribution in [2.24, 2.45) is 17.6 Å². The minimum Gasteiger partial charge on any atom is -0.342 e. The summed E-state index contributed by atoms with van der Waals surface area (Å²) < 4.78 is 0. The molecule has 3 atom stereocenters. The van der Waals surface area contributed by atoms with Gasteiger partial charge in [0.25, 0.3) is 0 Å². The summed E-state index contributed by atoms with van der Waals surface area (Å²) in [6, 6.07) is 0.219. The van der Waals surface area contributed by atoms with Crippen LogP contribution in [-0.4, -0.2) is 54.3 Å². The highest BCUT2D eigenvalue weighted by molar-refractivity contribution is 5.86. The molecule has 1 aliphatic rings. The standard InChI is InChI=1S/C15H29N3O2/c1-5-18(6-2)14(19)10-17(4)15(20)13-8-7-12(16)9-11(13)3/h11-13H,5-10,16H2,1-4H3. The Morgan fingerprint density at radius 3 is 2.30 bits per heavy atom. The minimum absolute atomic E-state index is 0.0179. The van der Waals surface area contributed by atoms with Crippen LogP contribution in [-0.2, 0) is 9.59 Å². The Bertz CT molecular complexity index is 342. The molecule has 20 heavy (non-hydrogen) atoms. The maximum atomic E-state index is 12.5. The van der Waals surface area contributed by atoms with Crippen molar-refractivity contribution in [3.63, 3.8) is 0 Å². The third-order valence-electron chi connectivity index (χ3n) is 4.39. The number of nitrogens with zero attached hydrogens (tertiary/aromatic N) is 2. The lowest BCUT2D eigenvalue weighted by molar-refractivity contribution is -0.143. The molecule has 0 spiro atoms. The molecule has 0 heterocycles. The Balaban J connectivity index is 2.56. The number of carbonyl (C=O) groups is 2. The molecule has 1 fully saturated rings. The first-order valence-corrected chi connectivity index (χ1v) is 7.68. The lowest BCUT2D eigenvalue weighted by atomic mass is 9.77. The van der Waals surface area contributed by atoms with E-state index in [-0.39, 0.29) is 30.3 Å². The zero-order chi connectivity index (χ0) is 15.3. The third-order valence-corrected chi connectivity index (χ3v) is 4.39. The van der Waals surface area contributed by atoms with Crippen LogP contribution in [0.5, 0.6) is 0 Å². The van der Waals surface area contributed by atoms with Crippen molar-refractivity contribution in [2.75, 3.05) is 26.7 Å². The molecular formula is C15H29N3O2. The molecule has 116 valence electrons. The second kappa shape index (κ2) is 7.62. The molecule has 0 aliphatic heterocycles. The molecule has 1 aliphatic carbocycles. The van der Waals surface area contributed by atoms with Crippen molar-refractivity contribution >= 4 is 11.8 Å². The van der Waals surface area contributed by atoms with Crippen molar-refractivity contribution in [3.05, 3.63) is 0 Å². The van der Waals surface area contributed by atoms with Gasteiger partial charge in [0, 0.05) is 32.1 Å². The molecule has 0 aromatic rings. The van der Waals surface area contributed by atoms with Crippen molar-refractivity contribution in [2.45, 2.75) is 46.1 Å². The van der Waals surface area contributed by atoms with Gasteiger partial charge < -0.3 is 15.5 Å². The third kappa shape index (κ3) is 4.20. The van der Waals surface area contributed by atoms with Gasteiger partial charge in [-0.15, -0.1) is 0 Å². The monoisotopic (exact) mass is 283 g/mol. The number of likely N-dealkylation sites (N-methyl/N-ethyl adjacent to an activating group) is 2. The summed E-state index contributed by atoms with van der Waals surface area (Å²) in [6.45, 7) is 7.54. The van der Waals surface area contributed by atoms with E-state index in [1.54, 1.807) is 16.8 Å². The van der Waals surface area contributed by atoms with E-state index in [9.17, 15) is 9.59 Å². The molecule has 2 amide bonds. The average molecular weight is 283 g/mol. The summed E-state index contributed by atoms with van der Waals surface area (Å²) in [5.41, 5.74) is 5.93. The van der Waals surface area contributed by atoms with Gasteiger partial charge in [0.1, 0.15) is 0 Å². The zero-order valence-electron chi connectivity index (χ0n) is 13.3. The number of hydrogen-bond donors (Lipinski definition) is 1. The Morgan fingerprint density at radius 2 is 1.80 bits per heavy atom. The molecular weight excluding hydrogens is 254 g/mol. The Morgan fingerprint density at radius 1 is 1.20 bits per heavy atom. The normalized spacial score (nSPS) is 26.1. The summed E-state index contributed by atoms with van der Waals surface area (Å²) in [4.78, 5) is 27.8. The predicted octanol–water partition coefficient (Wildman–Crippen LogP) is 1.08. The Kier molecular flexibility index (Phi) is 6.46. The van der Waals surface area contributed by atoms with Crippen LogP contribution in [0.1, 0.15) is 40.0 Å². The number of hydrogen-bond acceptors (Lipinski definition) is 3. The summed E-state index contributed by atoms with van der Waals surface area (Å²) in [7, 11) is 1.73. The highest BCUT2D eigenvalue weighted by Crippen LogP contribution is 2.30. The summed E-state index contributed by atoms with van der Waals surface area (Å²) >= 11 is 0. The van der Waals surface area contributed by atoms with Crippen LogP contribution >= 0.6 is 0 Å². The molecule has 1 saturated carbocycles. The highest BCUT2D eigenvalue weighted by atomic mass is 16.2. The maximum absolute atomic E-state index is 12.5. The maximum Gasteiger partial charge on any atom is 0.242 e. The fourth-order valence-electron chi connectivity index (χ4n) is 3.04. The number of amides is 2. The molecule has 5 heteroatoms. The Labute approximate surface area is 122 Å². The van der Waals surface area contributed by atoms with Crippen LogP contribution in [0.15, 0.2) is 0 Å². The number of carbonyl (C=O) groups excluding carboxylic acids is 2. The van der Waals surface area contributed by atoms with Crippen LogP contribution in [0.25, 0.3) is 0 Å². The first kappa shape index (κ1) is 17.0. The lowest BCUT2D eigenvalue weighted by Crippen LogP contribution is -2.46. The van der Waals surface area contributed by atoms with Crippen LogP contribution in [0.4, 0.5) is 0 Å². The molecule has 0 bridgehead atoms. The van der Waals surface area contributed by atoms with Crippen molar-refractivity contribution in [1.82, 2.24) is 9.80 Å². The summed E-state index contributed by atoms with van der Waals surface area (Å²) in [5.74, 6) is 0.428. The SMILES string of the molecule is CCN(CC)C(=O)CN(C)C(=O)C1CCC(N)CC1C. The molecule has 1 rings (SSSR count).